The molecular formula is C9H16O6S. The third-order valence-corrected chi connectivity index (χ3v) is 3.20. The molecule has 2 fully saturated rings. The van der Waals surface area contributed by atoms with Gasteiger partial charge in [0.1, 0.15) is 6.10 Å². The van der Waals surface area contributed by atoms with E-state index in [9.17, 15) is 8.42 Å². The van der Waals surface area contributed by atoms with Crippen LogP contribution < -0.4 is 0 Å². The highest BCUT2D eigenvalue weighted by molar-refractivity contribution is 7.85. The number of rotatable bonds is 3. The Kier molecular flexibility index (Phi) is 3.50. The Morgan fingerprint density at radius 1 is 1.38 bits per heavy atom. The lowest BCUT2D eigenvalue weighted by atomic mass is 10.1. The van der Waals surface area contributed by atoms with Crippen molar-refractivity contribution in [2.75, 3.05) is 32.7 Å². The van der Waals surface area contributed by atoms with Crippen molar-refractivity contribution >= 4 is 10.1 Å². The van der Waals surface area contributed by atoms with E-state index in [0.29, 0.717) is 32.7 Å². The van der Waals surface area contributed by atoms with Crippen LogP contribution in [0.3, 0.4) is 0 Å². The largest absolute Gasteiger partial charge is 0.381 e. The van der Waals surface area contributed by atoms with Gasteiger partial charge in [0, 0.05) is 12.8 Å². The first-order chi connectivity index (χ1) is 7.49. The topological polar surface area (TPSA) is 71.1 Å². The molecule has 1 atom stereocenters. The number of hydrogen-bond acceptors (Lipinski definition) is 6. The first kappa shape index (κ1) is 12.3. The Bertz CT molecular complexity index is 332. The van der Waals surface area contributed by atoms with Gasteiger partial charge < -0.3 is 14.2 Å². The highest BCUT2D eigenvalue weighted by atomic mass is 32.2. The Hall–Kier alpha value is -0.210. The molecule has 0 amide bonds. The zero-order valence-electron chi connectivity index (χ0n) is 9.18. The van der Waals surface area contributed by atoms with Crippen LogP contribution in [0.25, 0.3) is 0 Å². The van der Waals surface area contributed by atoms with Gasteiger partial charge in [0.05, 0.1) is 32.7 Å². The van der Waals surface area contributed by atoms with E-state index in [1.165, 1.54) is 0 Å². The second kappa shape index (κ2) is 4.58. The van der Waals surface area contributed by atoms with Gasteiger partial charge >= 0.3 is 0 Å². The van der Waals surface area contributed by atoms with Crippen LogP contribution >= 0.6 is 0 Å². The highest BCUT2D eigenvalue weighted by Crippen LogP contribution is 2.33. The lowest BCUT2D eigenvalue weighted by Gasteiger charge is -2.31. The summed E-state index contributed by atoms with van der Waals surface area (Å²) < 4.78 is 42.8. The quantitative estimate of drug-likeness (QED) is 0.652. The molecule has 7 heteroatoms. The first-order valence-electron chi connectivity index (χ1n) is 5.23. The first-order valence-corrected chi connectivity index (χ1v) is 7.05. The normalized spacial score (nSPS) is 29.7. The molecule has 0 aliphatic carbocycles. The van der Waals surface area contributed by atoms with E-state index < -0.39 is 15.9 Å². The zero-order chi connectivity index (χ0) is 11.6. The van der Waals surface area contributed by atoms with E-state index in [1.54, 1.807) is 0 Å². The van der Waals surface area contributed by atoms with Gasteiger partial charge in [-0.05, 0) is 0 Å². The smallest absolute Gasteiger partial charge is 0.264 e. The van der Waals surface area contributed by atoms with E-state index in [2.05, 4.69) is 4.18 Å². The second-order valence-corrected chi connectivity index (χ2v) is 5.71. The van der Waals surface area contributed by atoms with Gasteiger partial charge in [-0.3, -0.25) is 4.18 Å². The summed E-state index contributed by atoms with van der Waals surface area (Å²) in [5, 5.41) is 0. The molecule has 2 aliphatic heterocycles. The maximum Gasteiger partial charge on any atom is 0.264 e. The summed E-state index contributed by atoms with van der Waals surface area (Å²) in [6.07, 6.45) is 2.07. The summed E-state index contributed by atoms with van der Waals surface area (Å²) in [5.74, 6) is -0.580. The molecule has 6 nitrogen and oxygen atoms in total. The Morgan fingerprint density at radius 3 is 2.69 bits per heavy atom. The molecule has 0 bridgehead atoms. The molecule has 0 aromatic rings. The summed E-state index contributed by atoms with van der Waals surface area (Å²) in [7, 11) is -3.41. The Labute approximate surface area is 94.9 Å². The maximum absolute atomic E-state index is 10.8. The summed E-state index contributed by atoms with van der Waals surface area (Å²) in [6, 6.07) is 0. The molecule has 0 aromatic carbocycles. The molecule has 16 heavy (non-hydrogen) atoms. The predicted molar refractivity (Wildman–Crippen MR) is 54.4 cm³/mol. The van der Waals surface area contributed by atoms with Crippen molar-refractivity contribution in [1.82, 2.24) is 0 Å². The molecule has 2 rings (SSSR count). The summed E-state index contributed by atoms with van der Waals surface area (Å²) in [6.45, 7) is 1.61. The molecule has 1 spiro atoms. The van der Waals surface area contributed by atoms with Gasteiger partial charge in [-0.15, -0.1) is 0 Å². The second-order valence-electron chi connectivity index (χ2n) is 4.06. The molecule has 0 radical (unpaired) electrons. The molecule has 2 aliphatic rings. The van der Waals surface area contributed by atoms with Gasteiger partial charge in [0.15, 0.2) is 5.79 Å². The van der Waals surface area contributed by atoms with Gasteiger partial charge in [-0.2, -0.15) is 8.42 Å². The average molecular weight is 252 g/mol. The van der Waals surface area contributed by atoms with Crippen molar-refractivity contribution in [3.05, 3.63) is 0 Å². The van der Waals surface area contributed by atoms with Crippen molar-refractivity contribution in [1.29, 1.82) is 0 Å². The number of ether oxygens (including phenoxy) is 3. The molecule has 0 aromatic heterocycles. The average Bonchev–Trinajstić information content (AvgIpc) is 2.59. The highest BCUT2D eigenvalue weighted by Gasteiger charge is 2.43. The Balaban J connectivity index is 1.83. The van der Waals surface area contributed by atoms with Crippen molar-refractivity contribution in [3.63, 3.8) is 0 Å². The van der Waals surface area contributed by atoms with E-state index in [0.717, 1.165) is 6.26 Å². The molecule has 2 heterocycles. The van der Waals surface area contributed by atoms with E-state index in [-0.39, 0.29) is 12.7 Å². The SMILES string of the molecule is CS(=O)(=O)OCC1COC2(CCOCC2)O1. The van der Waals surface area contributed by atoms with Crippen LogP contribution in [0.4, 0.5) is 0 Å². The van der Waals surface area contributed by atoms with Crippen LogP contribution in [-0.4, -0.2) is 53.0 Å². The molecule has 2 saturated heterocycles. The fraction of sp³-hybridized carbons (Fsp3) is 1.00. The standard InChI is InChI=1S/C9H16O6S/c1-16(10,11)14-7-8-6-13-9(15-8)2-4-12-5-3-9/h8H,2-7H2,1H3. The lowest BCUT2D eigenvalue weighted by molar-refractivity contribution is -0.212. The summed E-state index contributed by atoms with van der Waals surface area (Å²) >= 11 is 0. The van der Waals surface area contributed by atoms with Crippen LogP contribution in [0.1, 0.15) is 12.8 Å². The summed E-state index contributed by atoms with van der Waals surface area (Å²) in [5.41, 5.74) is 0. The minimum atomic E-state index is -3.41. The van der Waals surface area contributed by atoms with Gasteiger partial charge in [0.2, 0.25) is 0 Å². The van der Waals surface area contributed by atoms with Crippen molar-refractivity contribution in [2.45, 2.75) is 24.7 Å². The maximum atomic E-state index is 10.8. The summed E-state index contributed by atoms with van der Waals surface area (Å²) in [4.78, 5) is 0. The van der Waals surface area contributed by atoms with Gasteiger partial charge in [-0.25, -0.2) is 0 Å². The van der Waals surface area contributed by atoms with Crippen LogP contribution in [0.15, 0.2) is 0 Å². The number of hydrogen-bond donors (Lipinski definition) is 0. The van der Waals surface area contributed by atoms with Crippen molar-refractivity contribution in [2.24, 2.45) is 0 Å². The molecule has 94 valence electrons. The molecule has 1 unspecified atom stereocenters. The lowest BCUT2D eigenvalue weighted by Crippen LogP contribution is -2.38. The third-order valence-electron chi connectivity index (χ3n) is 2.64. The Morgan fingerprint density at radius 2 is 2.06 bits per heavy atom. The minimum absolute atomic E-state index is 0.0153. The predicted octanol–water partition coefficient (Wildman–Crippen LogP) is -0.115. The van der Waals surface area contributed by atoms with Crippen molar-refractivity contribution < 1.29 is 26.8 Å². The van der Waals surface area contributed by atoms with Crippen LogP contribution in [0.5, 0.6) is 0 Å². The van der Waals surface area contributed by atoms with Crippen LogP contribution in [-0.2, 0) is 28.5 Å². The van der Waals surface area contributed by atoms with Crippen LogP contribution in [0, 0.1) is 0 Å². The fourth-order valence-corrected chi connectivity index (χ4v) is 2.24. The van der Waals surface area contributed by atoms with Gasteiger partial charge in [-0.1, -0.05) is 0 Å². The van der Waals surface area contributed by atoms with E-state index in [4.69, 9.17) is 14.2 Å². The molecule has 0 saturated carbocycles. The monoisotopic (exact) mass is 252 g/mol. The van der Waals surface area contributed by atoms with Crippen molar-refractivity contribution in [3.8, 4) is 0 Å². The fourth-order valence-electron chi connectivity index (χ4n) is 1.84. The van der Waals surface area contributed by atoms with E-state index in [1.807, 2.05) is 0 Å². The molecule has 0 N–H and O–H groups in total. The zero-order valence-corrected chi connectivity index (χ0v) is 9.99. The van der Waals surface area contributed by atoms with Gasteiger partial charge in [0.25, 0.3) is 10.1 Å². The van der Waals surface area contributed by atoms with E-state index >= 15 is 0 Å². The third kappa shape index (κ3) is 3.14. The minimum Gasteiger partial charge on any atom is -0.381 e. The molecular weight excluding hydrogens is 236 g/mol. The van der Waals surface area contributed by atoms with Crippen LogP contribution in [0.2, 0.25) is 0 Å².